The monoisotopic (exact) mass is 299 g/mol. The summed E-state index contributed by atoms with van der Waals surface area (Å²) in [6.45, 7) is 1.82. The molecule has 3 nitrogen and oxygen atoms in total. The summed E-state index contributed by atoms with van der Waals surface area (Å²) in [5.41, 5.74) is 2.03. The lowest BCUT2D eigenvalue weighted by Gasteiger charge is -2.09. The van der Waals surface area contributed by atoms with Crippen molar-refractivity contribution in [2.75, 3.05) is 0 Å². The molecule has 3 aromatic rings. The van der Waals surface area contributed by atoms with E-state index in [-0.39, 0.29) is 11.3 Å². The van der Waals surface area contributed by atoms with E-state index in [0.717, 1.165) is 17.7 Å². The van der Waals surface area contributed by atoms with E-state index in [2.05, 4.69) is 4.98 Å². The van der Waals surface area contributed by atoms with Crippen LogP contribution in [0.4, 0.5) is 8.78 Å². The largest absolute Gasteiger partial charge is 0.478 e. The number of rotatable bonds is 2. The smallest absolute Gasteiger partial charge is 0.336 e. The third-order valence-corrected chi connectivity index (χ3v) is 3.49. The quantitative estimate of drug-likeness (QED) is 0.772. The van der Waals surface area contributed by atoms with E-state index in [4.69, 9.17) is 0 Å². The Hall–Kier alpha value is -2.82. The number of hydrogen-bond acceptors (Lipinski definition) is 2. The van der Waals surface area contributed by atoms with Crippen LogP contribution in [0.5, 0.6) is 0 Å². The number of para-hydroxylation sites is 1. The molecule has 1 N–H and O–H groups in total. The molecule has 0 amide bonds. The SMILES string of the molecule is Cc1cccc2c(C(=O)O)cc(-c3ccc(F)c(F)c3)nc12. The molecule has 22 heavy (non-hydrogen) atoms. The number of carbonyl (C=O) groups is 1. The molecule has 3 rings (SSSR count). The third kappa shape index (κ3) is 2.30. The first-order valence-electron chi connectivity index (χ1n) is 6.56. The number of pyridine rings is 1. The second-order valence-electron chi connectivity index (χ2n) is 4.96. The van der Waals surface area contributed by atoms with Crippen LogP contribution in [0.2, 0.25) is 0 Å². The molecule has 2 aromatic carbocycles. The molecule has 0 aliphatic carbocycles. The van der Waals surface area contributed by atoms with Crippen molar-refractivity contribution in [3.8, 4) is 11.3 Å². The Bertz CT molecular complexity index is 907. The van der Waals surface area contributed by atoms with Gasteiger partial charge in [0.1, 0.15) is 0 Å². The number of aromatic nitrogens is 1. The molecule has 0 aliphatic heterocycles. The molecule has 0 unspecified atom stereocenters. The van der Waals surface area contributed by atoms with E-state index in [9.17, 15) is 18.7 Å². The number of halogens is 2. The fraction of sp³-hybridized carbons (Fsp3) is 0.0588. The average Bonchev–Trinajstić information content (AvgIpc) is 2.49. The van der Waals surface area contributed by atoms with Gasteiger partial charge in [-0.15, -0.1) is 0 Å². The van der Waals surface area contributed by atoms with E-state index >= 15 is 0 Å². The van der Waals surface area contributed by atoms with E-state index in [0.29, 0.717) is 16.5 Å². The van der Waals surface area contributed by atoms with Crippen molar-refractivity contribution < 1.29 is 18.7 Å². The summed E-state index contributed by atoms with van der Waals surface area (Å²) in [6, 6.07) is 9.99. The number of benzene rings is 2. The highest BCUT2D eigenvalue weighted by Crippen LogP contribution is 2.27. The average molecular weight is 299 g/mol. The molecule has 0 fully saturated rings. The van der Waals surface area contributed by atoms with Crippen LogP contribution in [0.1, 0.15) is 15.9 Å². The zero-order valence-electron chi connectivity index (χ0n) is 11.6. The fourth-order valence-electron chi connectivity index (χ4n) is 2.37. The van der Waals surface area contributed by atoms with Crippen LogP contribution < -0.4 is 0 Å². The Morgan fingerprint density at radius 2 is 1.86 bits per heavy atom. The zero-order chi connectivity index (χ0) is 15.9. The van der Waals surface area contributed by atoms with Crippen molar-refractivity contribution in [2.24, 2.45) is 0 Å². The summed E-state index contributed by atoms with van der Waals surface area (Å²) in [4.78, 5) is 15.9. The number of fused-ring (bicyclic) bond motifs is 1. The van der Waals surface area contributed by atoms with Gasteiger partial charge in [0.25, 0.3) is 0 Å². The highest BCUT2D eigenvalue weighted by molar-refractivity contribution is 6.04. The molecular formula is C17H11F2NO2. The first-order chi connectivity index (χ1) is 10.5. The van der Waals surface area contributed by atoms with Crippen molar-refractivity contribution >= 4 is 16.9 Å². The van der Waals surface area contributed by atoms with Gasteiger partial charge in [0, 0.05) is 10.9 Å². The third-order valence-electron chi connectivity index (χ3n) is 3.49. The molecule has 0 spiro atoms. The lowest BCUT2D eigenvalue weighted by atomic mass is 10.0. The summed E-state index contributed by atoms with van der Waals surface area (Å²) < 4.78 is 26.4. The molecule has 1 aromatic heterocycles. The second kappa shape index (κ2) is 5.18. The van der Waals surface area contributed by atoms with Gasteiger partial charge < -0.3 is 5.11 Å². The van der Waals surface area contributed by atoms with Crippen LogP contribution in [0.15, 0.2) is 42.5 Å². The van der Waals surface area contributed by atoms with Crippen LogP contribution in [-0.2, 0) is 0 Å². The molecule has 0 atom stereocenters. The van der Waals surface area contributed by atoms with Crippen molar-refractivity contribution in [1.82, 2.24) is 4.98 Å². The predicted octanol–water partition coefficient (Wildman–Crippen LogP) is 4.19. The van der Waals surface area contributed by atoms with Crippen molar-refractivity contribution in [2.45, 2.75) is 6.92 Å². The van der Waals surface area contributed by atoms with Crippen LogP contribution in [-0.4, -0.2) is 16.1 Å². The molecular weight excluding hydrogens is 288 g/mol. The standard InChI is InChI=1S/C17H11F2NO2/c1-9-3-2-4-11-12(17(21)22)8-15(20-16(9)11)10-5-6-13(18)14(19)7-10/h2-8H,1H3,(H,21,22). The van der Waals surface area contributed by atoms with Gasteiger partial charge in [-0.05, 0) is 36.8 Å². The minimum absolute atomic E-state index is 0.0773. The Morgan fingerprint density at radius 1 is 1.09 bits per heavy atom. The molecule has 0 saturated carbocycles. The molecule has 0 bridgehead atoms. The lowest BCUT2D eigenvalue weighted by molar-refractivity contribution is 0.0699. The van der Waals surface area contributed by atoms with Gasteiger partial charge in [0.2, 0.25) is 0 Å². The Balaban J connectivity index is 2.33. The van der Waals surface area contributed by atoms with Crippen LogP contribution in [0.3, 0.4) is 0 Å². The van der Waals surface area contributed by atoms with Gasteiger partial charge in [-0.3, -0.25) is 0 Å². The van der Waals surface area contributed by atoms with Gasteiger partial charge in [0.15, 0.2) is 11.6 Å². The molecule has 0 aliphatic rings. The Kier molecular flexibility index (Phi) is 3.33. The summed E-state index contributed by atoms with van der Waals surface area (Å²) in [7, 11) is 0. The molecule has 110 valence electrons. The molecule has 1 heterocycles. The van der Waals surface area contributed by atoms with Crippen molar-refractivity contribution in [3.63, 3.8) is 0 Å². The van der Waals surface area contributed by atoms with Gasteiger partial charge >= 0.3 is 5.97 Å². The zero-order valence-corrected chi connectivity index (χ0v) is 11.6. The summed E-state index contributed by atoms with van der Waals surface area (Å²) in [6.07, 6.45) is 0. The minimum Gasteiger partial charge on any atom is -0.478 e. The summed E-state index contributed by atoms with van der Waals surface area (Å²) in [5.74, 6) is -3.05. The maximum Gasteiger partial charge on any atom is 0.336 e. The minimum atomic E-state index is -1.10. The number of nitrogens with zero attached hydrogens (tertiary/aromatic N) is 1. The number of carboxylic acids is 1. The maximum atomic E-state index is 13.4. The predicted molar refractivity (Wildman–Crippen MR) is 78.8 cm³/mol. The van der Waals surface area contributed by atoms with Crippen LogP contribution in [0.25, 0.3) is 22.2 Å². The van der Waals surface area contributed by atoms with E-state index in [1.165, 1.54) is 12.1 Å². The topological polar surface area (TPSA) is 50.2 Å². The Labute approximate surface area is 124 Å². The number of aromatic carboxylic acids is 1. The highest BCUT2D eigenvalue weighted by atomic mass is 19.2. The van der Waals surface area contributed by atoms with Crippen LogP contribution >= 0.6 is 0 Å². The number of carboxylic acid groups (broad SMARTS) is 1. The second-order valence-corrected chi connectivity index (χ2v) is 4.96. The molecule has 0 saturated heterocycles. The maximum absolute atomic E-state index is 13.4. The van der Waals surface area contributed by atoms with E-state index in [1.807, 2.05) is 13.0 Å². The lowest BCUT2D eigenvalue weighted by Crippen LogP contribution is -2.01. The van der Waals surface area contributed by atoms with Gasteiger partial charge in [-0.1, -0.05) is 18.2 Å². The number of hydrogen-bond donors (Lipinski definition) is 1. The summed E-state index contributed by atoms with van der Waals surface area (Å²) in [5, 5.41) is 9.89. The van der Waals surface area contributed by atoms with E-state index in [1.54, 1.807) is 12.1 Å². The van der Waals surface area contributed by atoms with Crippen LogP contribution in [0, 0.1) is 18.6 Å². The summed E-state index contributed by atoms with van der Waals surface area (Å²) >= 11 is 0. The van der Waals surface area contributed by atoms with Gasteiger partial charge in [-0.25, -0.2) is 18.6 Å². The van der Waals surface area contributed by atoms with Crippen molar-refractivity contribution in [3.05, 3.63) is 65.2 Å². The molecule has 0 radical (unpaired) electrons. The normalized spacial score (nSPS) is 10.9. The van der Waals surface area contributed by atoms with Gasteiger partial charge in [0.05, 0.1) is 16.8 Å². The first-order valence-corrected chi connectivity index (χ1v) is 6.56. The van der Waals surface area contributed by atoms with E-state index < -0.39 is 17.6 Å². The Morgan fingerprint density at radius 3 is 2.55 bits per heavy atom. The molecule has 5 heteroatoms. The fourth-order valence-corrected chi connectivity index (χ4v) is 2.37. The number of aryl methyl sites for hydroxylation is 1. The van der Waals surface area contributed by atoms with Gasteiger partial charge in [-0.2, -0.15) is 0 Å². The highest BCUT2D eigenvalue weighted by Gasteiger charge is 2.15. The van der Waals surface area contributed by atoms with Crippen molar-refractivity contribution in [1.29, 1.82) is 0 Å². The first kappa shape index (κ1) is 14.1.